The van der Waals surface area contributed by atoms with Crippen LogP contribution in [0.4, 0.5) is 16.2 Å². The lowest BCUT2D eigenvalue weighted by Gasteiger charge is -2.61. The van der Waals surface area contributed by atoms with Gasteiger partial charge in [0, 0.05) is 42.6 Å². The maximum absolute atomic E-state index is 14.5. The number of nitrogens with zero attached hydrogens (tertiary/aromatic N) is 7. The Hall–Kier alpha value is -4.66. The summed E-state index contributed by atoms with van der Waals surface area (Å²) < 4.78 is 9.32. The molecule has 2 aromatic carbocycles. The zero-order valence-corrected chi connectivity index (χ0v) is 29.9. The van der Waals surface area contributed by atoms with Crippen LogP contribution in [0.25, 0.3) is 21.7 Å². The van der Waals surface area contributed by atoms with Gasteiger partial charge in [0.25, 0.3) is 5.56 Å². The van der Waals surface area contributed by atoms with Crippen molar-refractivity contribution in [1.29, 1.82) is 5.26 Å². The van der Waals surface area contributed by atoms with Gasteiger partial charge in [-0.05, 0) is 72.2 Å². The number of hydrogen-bond donors (Lipinski definition) is 1. The molecular formula is C37H38Cl2N8O3. The van der Waals surface area contributed by atoms with Crippen LogP contribution in [0.15, 0.2) is 59.8 Å². The van der Waals surface area contributed by atoms with Crippen molar-refractivity contribution in [1.82, 2.24) is 24.5 Å². The molecule has 8 rings (SSSR count). The minimum absolute atomic E-state index is 0.0555. The summed E-state index contributed by atoms with van der Waals surface area (Å²) >= 11 is 13.0. The summed E-state index contributed by atoms with van der Waals surface area (Å²) in [6.07, 6.45) is 8.06. The molecule has 13 heteroatoms. The fourth-order valence-corrected chi connectivity index (χ4v) is 7.44. The fourth-order valence-electron chi connectivity index (χ4n) is 7.07. The number of aryl methyl sites for hydroxylation is 1. The Kier molecular flexibility index (Phi) is 8.73. The van der Waals surface area contributed by atoms with Crippen molar-refractivity contribution in [2.75, 3.05) is 29.2 Å². The molecule has 11 nitrogen and oxygen atoms in total. The number of nitrogens with one attached hydrogen (secondary N) is 1. The van der Waals surface area contributed by atoms with Crippen LogP contribution in [0.5, 0.6) is 0 Å². The number of pyridine rings is 2. The van der Waals surface area contributed by atoms with Crippen LogP contribution < -0.4 is 15.8 Å². The van der Waals surface area contributed by atoms with Crippen molar-refractivity contribution < 1.29 is 9.53 Å². The van der Waals surface area contributed by atoms with Crippen molar-refractivity contribution in [3.63, 3.8) is 0 Å². The third-order valence-electron chi connectivity index (χ3n) is 9.80. The fraction of sp³-hybridized carbons (Fsp3) is 0.405. The molecule has 3 aliphatic rings. The lowest BCUT2D eigenvalue weighted by atomic mass is 9.50. The summed E-state index contributed by atoms with van der Waals surface area (Å²) in [5, 5.41) is 24.8. The molecule has 3 saturated carbocycles. The topological polar surface area (TPSA) is 131 Å². The van der Waals surface area contributed by atoms with Crippen LogP contribution in [0.1, 0.15) is 69.3 Å². The number of hydrogen-bond acceptors (Lipinski definition) is 8. The van der Waals surface area contributed by atoms with Gasteiger partial charge in [0.05, 0.1) is 45.8 Å². The van der Waals surface area contributed by atoms with Crippen LogP contribution in [0, 0.1) is 22.7 Å². The number of ether oxygens (including phenoxy) is 1. The van der Waals surface area contributed by atoms with Crippen molar-refractivity contribution >= 4 is 62.3 Å². The van der Waals surface area contributed by atoms with Crippen LogP contribution in [-0.2, 0) is 17.3 Å². The normalized spacial score (nSPS) is 18.6. The van der Waals surface area contributed by atoms with E-state index in [-0.39, 0.29) is 28.1 Å². The van der Waals surface area contributed by atoms with Crippen LogP contribution in [-0.4, -0.2) is 49.7 Å². The second-order valence-corrected chi connectivity index (χ2v) is 15.4. The molecule has 0 unspecified atom stereocenters. The molecule has 3 fully saturated rings. The molecule has 3 heterocycles. The van der Waals surface area contributed by atoms with E-state index in [9.17, 15) is 14.9 Å². The molecule has 258 valence electrons. The average molecular weight is 714 g/mol. The SMILES string of the molecule is Cn1ccc2c([C@@H](c3cn(C45CC(C4)C5)nn3)N(C(=O)OCCCCl)c3cc(Cl)c4ncc(C#N)c(NCC(C)(C)C)c4c3)cccc2c1=O. The zero-order chi connectivity index (χ0) is 35.4. The summed E-state index contributed by atoms with van der Waals surface area (Å²) in [7, 11) is 1.70. The summed E-state index contributed by atoms with van der Waals surface area (Å²) in [5.41, 5.74) is 2.59. The number of halogens is 2. The highest BCUT2D eigenvalue weighted by molar-refractivity contribution is 6.36. The van der Waals surface area contributed by atoms with Gasteiger partial charge in [-0.1, -0.05) is 49.7 Å². The number of carbonyl (C=O) groups excluding carboxylic acids is 1. The van der Waals surface area contributed by atoms with E-state index in [4.69, 9.17) is 27.9 Å². The Morgan fingerprint density at radius 2 is 1.98 bits per heavy atom. The highest BCUT2D eigenvalue weighted by Gasteiger charge is 2.59. The number of anilines is 2. The largest absolute Gasteiger partial charge is 0.449 e. The second kappa shape index (κ2) is 12.9. The molecule has 50 heavy (non-hydrogen) atoms. The van der Waals surface area contributed by atoms with E-state index in [1.807, 2.05) is 23.0 Å². The Bertz CT molecular complexity index is 2220. The number of amides is 1. The molecule has 3 aliphatic carbocycles. The number of alkyl halides is 1. The number of carbonyl (C=O) groups is 1. The molecule has 2 bridgehead atoms. The van der Waals surface area contributed by atoms with Gasteiger partial charge < -0.3 is 14.6 Å². The Balaban J connectivity index is 1.47. The average Bonchev–Trinajstić information content (AvgIpc) is 3.51. The van der Waals surface area contributed by atoms with E-state index in [2.05, 4.69) is 47.5 Å². The van der Waals surface area contributed by atoms with E-state index in [0.717, 1.165) is 19.3 Å². The van der Waals surface area contributed by atoms with Crippen molar-refractivity contribution in [3.8, 4) is 6.07 Å². The third-order valence-corrected chi connectivity index (χ3v) is 10.4. The lowest BCUT2D eigenvalue weighted by Crippen LogP contribution is -2.59. The smallest absolute Gasteiger partial charge is 0.415 e. The number of rotatable bonds is 10. The monoisotopic (exact) mass is 712 g/mol. The standard InChI is InChI=1S/C37H38Cl2N8O3/c1-36(2,3)21-42-31-23(18-40)19-41-32-28(31)13-24(14-29(32)39)47(35(49)50-12-6-10-38)33(30-20-46(44-43-30)37-15-22(16-37)17-37)26-7-5-8-27-25(26)9-11-45(4)34(27)48/h5,7-9,11,13-14,19-20,22,33H,6,10,12,15-17,21H2,1-4H3,(H,41,42)/t22?,33-,37?/m0/s1. The predicted molar refractivity (Wildman–Crippen MR) is 195 cm³/mol. The Morgan fingerprint density at radius 3 is 2.66 bits per heavy atom. The Labute approximate surface area is 299 Å². The molecule has 1 N–H and O–H groups in total. The first kappa shape index (κ1) is 33.8. The van der Waals surface area contributed by atoms with Crippen molar-refractivity contribution in [3.05, 3.63) is 87.2 Å². The lowest BCUT2D eigenvalue weighted by molar-refractivity contribution is -0.0989. The maximum atomic E-state index is 14.5. The Morgan fingerprint density at radius 1 is 1.20 bits per heavy atom. The van der Waals surface area contributed by atoms with Gasteiger partial charge in [-0.25, -0.2) is 9.48 Å². The van der Waals surface area contributed by atoms with Crippen LogP contribution >= 0.6 is 23.2 Å². The second-order valence-electron chi connectivity index (χ2n) is 14.7. The van der Waals surface area contributed by atoms with Gasteiger partial charge in [-0.3, -0.25) is 14.7 Å². The van der Waals surface area contributed by atoms with Gasteiger partial charge >= 0.3 is 6.09 Å². The molecule has 5 aromatic rings. The summed E-state index contributed by atoms with van der Waals surface area (Å²) in [6, 6.07) is 12.2. The molecule has 1 atom stereocenters. The van der Waals surface area contributed by atoms with Gasteiger partial charge in [0.2, 0.25) is 0 Å². The predicted octanol–water partition coefficient (Wildman–Crippen LogP) is 7.53. The third kappa shape index (κ3) is 5.94. The summed E-state index contributed by atoms with van der Waals surface area (Å²) in [5.74, 6) is 1.03. The highest BCUT2D eigenvalue weighted by Crippen LogP contribution is 2.62. The minimum Gasteiger partial charge on any atom is -0.449 e. The molecule has 0 radical (unpaired) electrons. The highest BCUT2D eigenvalue weighted by atomic mass is 35.5. The molecule has 0 saturated heterocycles. The number of benzene rings is 2. The van der Waals surface area contributed by atoms with Crippen molar-refractivity contribution in [2.45, 2.75) is 58.0 Å². The molecule has 1 amide bonds. The van der Waals surface area contributed by atoms with E-state index in [0.29, 0.717) is 74.6 Å². The zero-order valence-electron chi connectivity index (χ0n) is 28.4. The first-order valence-electron chi connectivity index (χ1n) is 16.7. The number of aromatic nitrogens is 5. The first-order chi connectivity index (χ1) is 23.9. The molecule has 0 aliphatic heterocycles. The minimum atomic E-state index is -0.887. The van der Waals surface area contributed by atoms with Gasteiger partial charge in [-0.15, -0.1) is 16.7 Å². The summed E-state index contributed by atoms with van der Waals surface area (Å²) in [4.78, 5) is 33.9. The van der Waals surface area contributed by atoms with E-state index in [1.165, 1.54) is 15.7 Å². The van der Waals surface area contributed by atoms with E-state index < -0.39 is 12.1 Å². The summed E-state index contributed by atoms with van der Waals surface area (Å²) in [6.45, 7) is 6.92. The quantitative estimate of drug-likeness (QED) is 0.116. The molecule has 0 spiro atoms. The van der Waals surface area contributed by atoms with Crippen LogP contribution in [0.3, 0.4) is 0 Å². The van der Waals surface area contributed by atoms with Crippen LogP contribution in [0.2, 0.25) is 5.02 Å². The van der Waals surface area contributed by atoms with E-state index >= 15 is 0 Å². The first-order valence-corrected chi connectivity index (χ1v) is 17.6. The number of fused-ring (bicyclic) bond motifs is 2. The van der Waals surface area contributed by atoms with E-state index in [1.54, 1.807) is 37.5 Å². The maximum Gasteiger partial charge on any atom is 0.415 e. The molecular weight excluding hydrogens is 675 g/mol. The van der Waals surface area contributed by atoms with Gasteiger partial charge in [0.1, 0.15) is 17.8 Å². The molecule has 3 aromatic heterocycles. The number of nitriles is 1. The van der Waals surface area contributed by atoms with Gasteiger partial charge in [0.15, 0.2) is 0 Å². The van der Waals surface area contributed by atoms with Gasteiger partial charge in [-0.2, -0.15) is 5.26 Å². The van der Waals surface area contributed by atoms with Crippen molar-refractivity contribution in [2.24, 2.45) is 18.4 Å².